The van der Waals surface area contributed by atoms with Crippen molar-refractivity contribution in [3.05, 3.63) is 49.1 Å². The largest absolute Gasteiger partial charge is 0.352 e. The molecule has 0 bridgehead atoms. The zero-order chi connectivity index (χ0) is 13.6. The van der Waals surface area contributed by atoms with Crippen LogP contribution in [0.1, 0.15) is 33.1 Å². The Balaban J connectivity index is 3.61. The predicted octanol–water partition coefficient (Wildman–Crippen LogP) is 3.78. The third kappa shape index (κ3) is 12.5. The van der Waals surface area contributed by atoms with Gasteiger partial charge in [-0.3, -0.25) is 4.79 Å². The van der Waals surface area contributed by atoms with Crippen molar-refractivity contribution < 1.29 is 4.79 Å². The highest BCUT2D eigenvalue weighted by atomic mass is 16.1. The van der Waals surface area contributed by atoms with Gasteiger partial charge in [0, 0.05) is 12.6 Å². The first-order chi connectivity index (χ1) is 8.66. The van der Waals surface area contributed by atoms with E-state index in [2.05, 4.69) is 44.0 Å². The second kappa shape index (κ2) is 11.9. The lowest BCUT2D eigenvalue weighted by Gasteiger charge is -2.03. The van der Waals surface area contributed by atoms with Gasteiger partial charge in [0.25, 0.3) is 0 Å². The van der Waals surface area contributed by atoms with Gasteiger partial charge in [-0.25, -0.2) is 0 Å². The van der Waals surface area contributed by atoms with E-state index in [1.165, 1.54) is 0 Å². The molecule has 0 aromatic heterocycles. The van der Waals surface area contributed by atoms with Crippen LogP contribution < -0.4 is 5.32 Å². The molecule has 18 heavy (non-hydrogen) atoms. The average molecular weight is 247 g/mol. The molecule has 0 aromatic carbocycles. The van der Waals surface area contributed by atoms with Gasteiger partial charge in [-0.2, -0.15) is 0 Å². The Hall–Kier alpha value is -1.57. The van der Waals surface area contributed by atoms with Gasteiger partial charge < -0.3 is 5.32 Å². The minimum Gasteiger partial charge on any atom is -0.352 e. The molecule has 2 heteroatoms. The first-order valence-corrected chi connectivity index (χ1v) is 6.53. The molecule has 0 fully saturated rings. The fourth-order valence-electron chi connectivity index (χ4n) is 1.18. The lowest BCUT2D eigenvalue weighted by Crippen LogP contribution is -2.25. The lowest BCUT2D eigenvalue weighted by atomic mass is 10.2. The molecule has 0 rings (SSSR count). The van der Waals surface area contributed by atoms with Crippen molar-refractivity contribution in [3.63, 3.8) is 0 Å². The molecule has 1 amide bonds. The summed E-state index contributed by atoms with van der Waals surface area (Å²) >= 11 is 0. The fraction of sp³-hybridized carbons (Fsp3) is 0.438. The highest BCUT2D eigenvalue weighted by Crippen LogP contribution is 1.95. The summed E-state index contributed by atoms with van der Waals surface area (Å²) in [5, 5.41) is 2.83. The molecule has 0 atom stereocenters. The van der Waals surface area contributed by atoms with Crippen LogP contribution in [0.25, 0.3) is 0 Å². The summed E-state index contributed by atoms with van der Waals surface area (Å²) < 4.78 is 0. The van der Waals surface area contributed by atoms with E-state index in [0.29, 0.717) is 5.92 Å². The van der Waals surface area contributed by atoms with Crippen molar-refractivity contribution in [1.29, 1.82) is 0 Å². The fourth-order valence-corrected chi connectivity index (χ4v) is 1.18. The van der Waals surface area contributed by atoms with Gasteiger partial charge in [-0.15, -0.1) is 6.58 Å². The SMILES string of the molecule is C=CCC=CCCC=CC=CC(=O)NCC(C)C. The maximum atomic E-state index is 11.3. The number of amides is 1. The zero-order valence-electron chi connectivity index (χ0n) is 11.6. The first-order valence-electron chi connectivity index (χ1n) is 6.53. The molecule has 1 N–H and O–H groups in total. The van der Waals surface area contributed by atoms with E-state index in [1.807, 2.05) is 12.2 Å². The number of nitrogens with one attached hydrogen (secondary N) is 1. The molecule has 2 nitrogen and oxygen atoms in total. The minimum absolute atomic E-state index is 0.0285. The number of hydrogen-bond acceptors (Lipinski definition) is 1. The van der Waals surface area contributed by atoms with Gasteiger partial charge in [0.2, 0.25) is 5.91 Å². The molecule has 0 radical (unpaired) electrons. The Labute approximate surface area is 111 Å². The second-order valence-electron chi connectivity index (χ2n) is 4.50. The molecule has 0 aliphatic rings. The van der Waals surface area contributed by atoms with Gasteiger partial charge in [0.1, 0.15) is 0 Å². The quantitative estimate of drug-likeness (QED) is 0.286. The summed E-state index contributed by atoms with van der Waals surface area (Å²) in [6.07, 6.45) is 16.4. The summed E-state index contributed by atoms with van der Waals surface area (Å²) in [6.45, 7) is 8.52. The molecule has 100 valence electrons. The van der Waals surface area contributed by atoms with Crippen LogP contribution in [0.2, 0.25) is 0 Å². The summed E-state index contributed by atoms with van der Waals surface area (Å²) in [6, 6.07) is 0. The van der Waals surface area contributed by atoms with E-state index in [9.17, 15) is 4.79 Å². The number of carbonyl (C=O) groups excluding carboxylic acids is 1. The number of hydrogen-bond donors (Lipinski definition) is 1. The Bertz CT molecular complexity index is 311. The van der Waals surface area contributed by atoms with Gasteiger partial charge in [-0.1, -0.05) is 50.3 Å². The van der Waals surface area contributed by atoms with Crippen molar-refractivity contribution in [2.75, 3.05) is 6.54 Å². The predicted molar refractivity (Wildman–Crippen MR) is 79.3 cm³/mol. The Morgan fingerprint density at radius 3 is 2.56 bits per heavy atom. The number of rotatable bonds is 9. The van der Waals surface area contributed by atoms with Gasteiger partial charge >= 0.3 is 0 Å². The van der Waals surface area contributed by atoms with Crippen LogP contribution in [-0.2, 0) is 4.79 Å². The van der Waals surface area contributed by atoms with Crippen LogP contribution in [0.3, 0.4) is 0 Å². The lowest BCUT2D eigenvalue weighted by molar-refractivity contribution is -0.116. The number of carbonyl (C=O) groups is 1. The van der Waals surface area contributed by atoms with Gasteiger partial charge in [0.15, 0.2) is 0 Å². The van der Waals surface area contributed by atoms with E-state index in [-0.39, 0.29) is 5.91 Å². The van der Waals surface area contributed by atoms with Crippen LogP contribution in [0, 0.1) is 5.92 Å². The zero-order valence-corrected chi connectivity index (χ0v) is 11.6. The van der Waals surface area contributed by atoms with E-state index in [4.69, 9.17) is 0 Å². The summed E-state index contributed by atoms with van der Waals surface area (Å²) in [5.41, 5.74) is 0. The molecule has 0 saturated carbocycles. The Kier molecular flexibility index (Phi) is 10.9. The van der Waals surface area contributed by atoms with E-state index in [1.54, 1.807) is 12.2 Å². The first kappa shape index (κ1) is 16.4. The molecule has 0 saturated heterocycles. The van der Waals surface area contributed by atoms with Crippen molar-refractivity contribution in [3.8, 4) is 0 Å². The average Bonchev–Trinajstić information content (AvgIpc) is 2.34. The third-order valence-corrected chi connectivity index (χ3v) is 2.15. The molecule has 0 spiro atoms. The number of unbranched alkanes of at least 4 members (excludes halogenated alkanes) is 1. The topological polar surface area (TPSA) is 29.1 Å². The number of allylic oxidation sites excluding steroid dienone is 6. The monoisotopic (exact) mass is 247 g/mol. The maximum absolute atomic E-state index is 11.3. The van der Waals surface area contributed by atoms with E-state index < -0.39 is 0 Å². The van der Waals surface area contributed by atoms with Crippen molar-refractivity contribution in [1.82, 2.24) is 5.32 Å². The van der Waals surface area contributed by atoms with Crippen molar-refractivity contribution >= 4 is 5.91 Å². The van der Waals surface area contributed by atoms with Crippen LogP contribution >= 0.6 is 0 Å². The van der Waals surface area contributed by atoms with E-state index >= 15 is 0 Å². The molecule has 0 unspecified atom stereocenters. The highest BCUT2D eigenvalue weighted by molar-refractivity contribution is 5.87. The molecular weight excluding hydrogens is 222 g/mol. The van der Waals surface area contributed by atoms with Crippen LogP contribution in [0.4, 0.5) is 0 Å². The Morgan fingerprint density at radius 2 is 1.89 bits per heavy atom. The molecular formula is C16H25NO. The smallest absolute Gasteiger partial charge is 0.243 e. The van der Waals surface area contributed by atoms with Gasteiger partial charge in [-0.05, 0) is 25.2 Å². The second-order valence-corrected chi connectivity index (χ2v) is 4.50. The summed E-state index contributed by atoms with van der Waals surface area (Å²) in [4.78, 5) is 11.3. The van der Waals surface area contributed by atoms with Crippen LogP contribution in [0.5, 0.6) is 0 Å². The maximum Gasteiger partial charge on any atom is 0.243 e. The van der Waals surface area contributed by atoms with Crippen molar-refractivity contribution in [2.45, 2.75) is 33.1 Å². The summed E-state index contributed by atoms with van der Waals surface area (Å²) in [7, 11) is 0. The van der Waals surface area contributed by atoms with Crippen LogP contribution in [-0.4, -0.2) is 12.5 Å². The highest BCUT2D eigenvalue weighted by Gasteiger charge is 1.95. The van der Waals surface area contributed by atoms with Crippen LogP contribution in [0.15, 0.2) is 49.1 Å². The molecule has 0 heterocycles. The molecule has 0 aliphatic heterocycles. The molecule has 0 aliphatic carbocycles. The molecule has 0 aromatic rings. The minimum atomic E-state index is -0.0285. The van der Waals surface area contributed by atoms with Crippen molar-refractivity contribution in [2.24, 2.45) is 5.92 Å². The third-order valence-electron chi connectivity index (χ3n) is 2.15. The Morgan fingerprint density at radius 1 is 1.17 bits per heavy atom. The van der Waals surface area contributed by atoms with Gasteiger partial charge in [0.05, 0.1) is 0 Å². The van der Waals surface area contributed by atoms with E-state index in [0.717, 1.165) is 25.8 Å². The summed E-state index contributed by atoms with van der Waals surface area (Å²) in [5.74, 6) is 0.458. The standard InChI is InChI=1S/C16H25NO/c1-4-5-6-7-8-9-10-11-12-13-16(18)17-14-15(2)3/h4,6-7,10-13,15H,1,5,8-9,14H2,2-3H3,(H,17,18). The normalized spacial score (nSPS) is 11.9.